The molecule has 2 atom stereocenters. The average molecular weight is 630 g/mol. The molecule has 4 aliphatic rings. The molecule has 2 fully saturated rings. The zero-order chi connectivity index (χ0) is 33.0. The Morgan fingerprint density at radius 1 is 1.07 bits per heavy atom. The summed E-state index contributed by atoms with van der Waals surface area (Å²) < 4.78 is 5.74. The number of rotatable bonds is 4. The second-order valence-electron chi connectivity index (χ2n) is 15.5. The smallest absolute Gasteiger partial charge is 0.410 e. The van der Waals surface area contributed by atoms with E-state index in [-0.39, 0.29) is 24.0 Å². The van der Waals surface area contributed by atoms with Crippen molar-refractivity contribution in [3.8, 4) is 0 Å². The predicted molar refractivity (Wildman–Crippen MR) is 175 cm³/mol. The molecule has 246 valence electrons. The number of hydrogen-bond donors (Lipinski definition) is 2. The van der Waals surface area contributed by atoms with Crippen LogP contribution < -0.4 is 0 Å². The van der Waals surface area contributed by atoms with Crippen molar-refractivity contribution in [2.75, 3.05) is 26.2 Å². The van der Waals surface area contributed by atoms with Gasteiger partial charge in [-0.05, 0) is 87.1 Å². The molecule has 6 rings (SSSR count). The number of hydrogen-bond acceptors (Lipinski definition) is 7. The van der Waals surface area contributed by atoms with Gasteiger partial charge in [0.05, 0.1) is 18.2 Å². The van der Waals surface area contributed by atoms with Gasteiger partial charge >= 0.3 is 6.09 Å². The first kappa shape index (κ1) is 32.3. The van der Waals surface area contributed by atoms with E-state index in [1.807, 2.05) is 67.0 Å². The Morgan fingerprint density at radius 3 is 2.37 bits per heavy atom. The third-order valence-corrected chi connectivity index (χ3v) is 10.5. The van der Waals surface area contributed by atoms with Crippen LogP contribution >= 0.6 is 0 Å². The molecule has 1 saturated heterocycles. The first-order valence-electron chi connectivity index (χ1n) is 16.6. The number of carbonyl (C=O) groups is 2. The van der Waals surface area contributed by atoms with Crippen LogP contribution in [-0.4, -0.2) is 92.9 Å². The van der Waals surface area contributed by atoms with E-state index in [0.29, 0.717) is 49.4 Å². The Labute approximate surface area is 271 Å². The molecular formula is C37H47N3O6. The number of β-amino-alcohol motifs (C(OH)–C–C–N with tert-alkyl or cyclic N) is 1. The first-order valence-corrected chi connectivity index (χ1v) is 16.6. The van der Waals surface area contributed by atoms with Gasteiger partial charge in [0.25, 0.3) is 5.91 Å². The van der Waals surface area contributed by atoms with Crippen LogP contribution in [0.4, 0.5) is 4.79 Å². The third kappa shape index (κ3) is 6.20. The molecule has 1 aliphatic carbocycles. The number of carbonyl (C=O) groups excluding carboxylic acids is 3. The Morgan fingerprint density at radius 2 is 1.74 bits per heavy atom. The molecule has 2 N–H and O–H groups in total. The molecule has 9 nitrogen and oxygen atoms in total. The highest BCUT2D eigenvalue weighted by Gasteiger charge is 2.46. The van der Waals surface area contributed by atoms with E-state index in [4.69, 9.17) is 4.74 Å². The average Bonchev–Trinajstić information content (AvgIpc) is 2.98. The van der Waals surface area contributed by atoms with Crippen molar-refractivity contribution in [2.24, 2.45) is 5.41 Å². The molecule has 0 bridgehead atoms. The molecular weight excluding hydrogens is 582 g/mol. The number of ether oxygens (including phenoxy) is 1. The summed E-state index contributed by atoms with van der Waals surface area (Å²) in [7, 11) is 0. The largest absolute Gasteiger partial charge is 0.444 e. The quantitative estimate of drug-likeness (QED) is 0.478. The lowest BCUT2D eigenvalue weighted by Gasteiger charge is -2.50. The second-order valence-corrected chi connectivity index (χ2v) is 15.5. The minimum absolute atomic E-state index is 0.0115. The summed E-state index contributed by atoms with van der Waals surface area (Å²) in [6, 6.07) is 12.9. The van der Waals surface area contributed by atoms with E-state index in [9.17, 15) is 24.6 Å². The standard InChI is InChI=1S/C37H47N3O6/c1-35(2,3)46-34(45)40-20-26-9-7-6-8-24(26)17-30(40)32(43)21-39-23-36(4,5)29-16-25(10-11-28(29)31(39)22-41)33(44)38-14-12-37(13-15-38)18-27(42)19-37/h6-11,16,27,30,32,42-43H,12-15,17-21,23H2,1-5H3/t30-,32+/m0/s1. The van der Waals surface area contributed by atoms with E-state index < -0.39 is 29.3 Å². The van der Waals surface area contributed by atoms with Crippen LogP contribution in [0.1, 0.15) is 92.9 Å². The summed E-state index contributed by atoms with van der Waals surface area (Å²) in [4.78, 5) is 44.8. The topological polar surface area (TPSA) is 111 Å². The minimum Gasteiger partial charge on any atom is -0.444 e. The number of aliphatic hydroxyl groups excluding tert-OH is 2. The maximum atomic E-state index is 13.6. The maximum Gasteiger partial charge on any atom is 0.410 e. The van der Waals surface area contributed by atoms with Crippen LogP contribution in [0, 0.1) is 5.41 Å². The van der Waals surface area contributed by atoms with Crippen LogP contribution in [0.3, 0.4) is 0 Å². The Hall–Kier alpha value is -3.65. The van der Waals surface area contributed by atoms with Gasteiger partial charge in [0.1, 0.15) is 11.3 Å². The van der Waals surface area contributed by atoms with Gasteiger partial charge in [0, 0.05) is 49.3 Å². The second kappa shape index (κ2) is 11.9. The summed E-state index contributed by atoms with van der Waals surface area (Å²) >= 11 is 0. The van der Waals surface area contributed by atoms with E-state index in [2.05, 4.69) is 19.8 Å². The van der Waals surface area contributed by atoms with Gasteiger partial charge in [-0.2, -0.15) is 0 Å². The monoisotopic (exact) mass is 629 g/mol. The number of nitrogens with zero attached hydrogens (tertiary/aromatic N) is 3. The van der Waals surface area contributed by atoms with Gasteiger partial charge in [-0.15, -0.1) is 0 Å². The molecule has 0 unspecified atom stereocenters. The molecule has 2 aromatic carbocycles. The van der Waals surface area contributed by atoms with Crippen LogP contribution in [0.15, 0.2) is 42.5 Å². The highest BCUT2D eigenvalue weighted by molar-refractivity contribution is 5.96. The van der Waals surface area contributed by atoms with Crippen molar-refractivity contribution in [3.63, 3.8) is 0 Å². The molecule has 2 aromatic rings. The lowest BCUT2D eigenvalue weighted by atomic mass is 9.61. The van der Waals surface area contributed by atoms with Crippen molar-refractivity contribution in [3.05, 3.63) is 70.3 Å². The zero-order valence-electron chi connectivity index (χ0n) is 27.7. The van der Waals surface area contributed by atoms with Gasteiger partial charge < -0.3 is 24.7 Å². The number of benzene rings is 2. The minimum atomic E-state index is -0.971. The molecule has 46 heavy (non-hydrogen) atoms. The summed E-state index contributed by atoms with van der Waals surface area (Å²) in [6.45, 7) is 11.9. The summed E-state index contributed by atoms with van der Waals surface area (Å²) in [6.07, 6.45) is 2.32. The fourth-order valence-electron chi connectivity index (χ4n) is 8.00. The van der Waals surface area contributed by atoms with Crippen LogP contribution in [0.2, 0.25) is 0 Å². The number of likely N-dealkylation sites (tertiary alicyclic amines) is 1. The Kier molecular flexibility index (Phi) is 8.33. The highest BCUT2D eigenvalue weighted by atomic mass is 16.6. The molecule has 1 saturated carbocycles. The highest BCUT2D eigenvalue weighted by Crippen LogP contribution is 2.49. The van der Waals surface area contributed by atoms with E-state index in [1.54, 1.807) is 11.0 Å². The normalized spacial score (nSPS) is 22.8. The van der Waals surface area contributed by atoms with Crippen LogP contribution in [-0.2, 0) is 27.9 Å². The van der Waals surface area contributed by atoms with E-state index in [1.165, 1.54) is 0 Å². The molecule has 3 aliphatic heterocycles. The fraction of sp³-hybridized carbons (Fsp3) is 0.568. The first-order chi connectivity index (χ1) is 21.7. The third-order valence-electron chi connectivity index (χ3n) is 10.5. The van der Waals surface area contributed by atoms with Gasteiger partial charge in [-0.1, -0.05) is 44.2 Å². The SMILES string of the molecule is CC(C)(C)OC(=O)N1Cc2ccccc2C[C@H]1[C@H](O)CN1CC(C)(C)c2cc(C(=O)N3CCC4(CC3)CC(O)C4)ccc2C1=C=O. The molecule has 9 heteroatoms. The lowest BCUT2D eigenvalue weighted by molar-refractivity contribution is -0.0637. The summed E-state index contributed by atoms with van der Waals surface area (Å²) in [5.74, 6) is 2.12. The number of amides is 2. The van der Waals surface area contributed by atoms with Crippen molar-refractivity contribution in [1.29, 1.82) is 0 Å². The number of piperidine rings is 1. The Balaban J connectivity index is 1.21. The predicted octanol–water partition coefficient (Wildman–Crippen LogP) is 4.55. The van der Waals surface area contributed by atoms with Gasteiger partial charge in [-0.25, -0.2) is 9.59 Å². The molecule has 0 aromatic heterocycles. The van der Waals surface area contributed by atoms with Crippen molar-refractivity contribution >= 4 is 23.6 Å². The molecule has 2 amide bonds. The van der Waals surface area contributed by atoms with E-state index >= 15 is 0 Å². The van der Waals surface area contributed by atoms with Gasteiger partial charge in [-0.3, -0.25) is 9.69 Å². The lowest BCUT2D eigenvalue weighted by Crippen LogP contribution is -2.55. The molecule has 1 spiro atoms. The summed E-state index contributed by atoms with van der Waals surface area (Å²) in [5, 5.41) is 21.6. The zero-order valence-corrected chi connectivity index (χ0v) is 27.7. The van der Waals surface area contributed by atoms with Crippen molar-refractivity contribution < 1.29 is 29.3 Å². The van der Waals surface area contributed by atoms with Crippen molar-refractivity contribution in [2.45, 2.75) is 103 Å². The van der Waals surface area contributed by atoms with Gasteiger partial charge in [0.15, 0.2) is 5.94 Å². The van der Waals surface area contributed by atoms with Crippen LogP contribution in [0.5, 0.6) is 0 Å². The van der Waals surface area contributed by atoms with Gasteiger partial charge in [0.2, 0.25) is 0 Å². The number of fused-ring (bicyclic) bond motifs is 2. The maximum absolute atomic E-state index is 13.6. The van der Waals surface area contributed by atoms with Crippen LogP contribution in [0.25, 0.3) is 5.70 Å². The fourth-order valence-corrected chi connectivity index (χ4v) is 8.00. The Bertz CT molecular complexity index is 1550. The van der Waals surface area contributed by atoms with Crippen molar-refractivity contribution in [1.82, 2.24) is 14.7 Å². The summed E-state index contributed by atoms with van der Waals surface area (Å²) in [5.41, 5.74) is 3.71. The van der Waals surface area contributed by atoms with E-state index in [0.717, 1.165) is 42.4 Å². The molecule has 0 radical (unpaired) electrons. The number of aliphatic hydroxyl groups is 2. The molecule has 3 heterocycles.